The largest absolute Gasteiger partial charge is 0.487 e. The van der Waals surface area contributed by atoms with Crippen molar-refractivity contribution < 1.29 is 18.7 Å². The number of rotatable bonds is 6. The molecule has 0 fully saturated rings. The summed E-state index contributed by atoms with van der Waals surface area (Å²) < 4.78 is 19.9. The molecule has 1 aliphatic rings. The second-order valence-electron chi connectivity index (χ2n) is 6.48. The van der Waals surface area contributed by atoms with Crippen LogP contribution in [0.4, 0.5) is 4.39 Å². The number of pyridine rings is 1. The first-order chi connectivity index (χ1) is 12.5. The summed E-state index contributed by atoms with van der Waals surface area (Å²) >= 11 is 0. The van der Waals surface area contributed by atoms with Gasteiger partial charge in [0.1, 0.15) is 17.7 Å². The number of amides is 1. The normalized spacial score (nSPS) is 16.5. The quantitative estimate of drug-likeness (QED) is 0.808. The molecule has 0 unspecified atom stereocenters. The Morgan fingerprint density at radius 2 is 2.19 bits per heavy atom. The summed E-state index contributed by atoms with van der Waals surface area (Å²) in [6.07, 6.45) is 2.37. The number of fused-ring (bicyclic) bond motifs is 1. The van der Waals surface area contributed by atoms with Crippen LogP contribution in [0.15, 0.2) is 36.5 Å². The van der Waals surface area contributed by atoms with Gasteiger partial charge in [0.25, 0.3) is 5.91 Å². The zero-order valence-corrected chi connectivity index (χ0v) is 14.8. The van der Waals surface area contributed by atoms with Crippen LogP contribution in [0.2, 0.25) is 0 Å². The first kappa shape index (κ1) is 18.0. The van der Waals surface area contributed by atoms with Gasteiger partial charge in [-0.25, -0.2) is 4.39 Å². The fourth-order valence-electron chi connectivity index (χ4n) is 2.92. The number of hydrogen-bond donors (Lipinski definition) is 1. The van der Waals surface area contributed by atoms with Crippen molar-refractivity contribution in [2.45, 2.75) is 32.8 Å². The van der Waals surface area contributed by atoms with E-state index in [1.807, 2.05) is 13.0 Å². The van der Waals surface area contributed by atoms with Gasteiger partial charge in [-0.3, -0.25) is 14.6 Å². The molecule has 0 saturated heterocycles. The molecule has 2 atom stereocenters. The number of hydrogen-bond acceptors (Lipinski definition) is 4. The van der Waals surface area contributed by atoms with Gasteiger partial charge in [-0.05, 0) is 30.7 Å². The van der Waals surface area contributed by atoms with E-state index in [1.165, 1.54) is 12.1 Å². The van der Waals surface area contributed by atoms with Crippen LogP contribution in [-0.4, -0.2) is 29.3 Å². The van der Waals surface area contributed by atoms with Crippen molar-refractivity contribution in [2.24, 2.45) is 5.92 Å². The lowest BCUT2D eigenvalue weighted by Gasteiger charge is -2.14. The first-order valence-electron chi connectivity index (χ1n) is 8.72. The molecule has 1 amide bonds. The molecule has 0 radical (unpaired) electrons. The van der Waals surface area contributed by atoms with E-state index in [0.717, 1.165) is 5.56 Å². The average molecular weight is 356 g/mol. The van der Waals surface area contributed by atoms with Crippen LogP contribution in [0.25, 0.3) is 11.3 Å². The second kappa shape index (κ2) is 7.64. The zero-order chi connectivity index (χ0) is 18.7. The number of halogens is 1. The van der Waals surface area contributed by atoms with Gasteiger partial charge in [-0.2, -0.15) is 0 Å². The molecule has 0 aliphatic carbocycles. The molecular formula is C20H21FN2O3. The fraction of sp³-hybridized carbons (Fsp3) is 0.350. The Hall–Kier alpha value is -2.76. The highest BCUT2D eigenvalue weighted by Crippen LogP contribution is 2.38. The molecule has 3 rings (SSSR count). The molecule has 6 heteroatoms. The maximum atomic E-state index is 14.0. The van der Waals surface area contributed by atoms with Crippen molar-refractivity contribution >= 4 is 11.7 Å². The third kappa shape index (κ3) is 3.74. The van der Waals surface area contributed by atoms with E-state index < -0.39 is 11.7 Å². The number of carbonyl (C=O) groups is 2. The monoisotopic (exact) mass is 356 g/mol. The highest BCUT2D eigenvalue weighted by Gasteiger charge is 2.28. The van der Waals surface area contributed by atoms with Crippen LogP contribution < -0.4 is 10.1 Å². The van der Waals surface area contributed by atoms with Crippen LogP contribution in [0.3, 0.4) is 0 Å². The molecular weight excluding hydrogens is 335 g/mol. The maximum absolute atomic E-state index is 14.0. The Balaban J connectivity index is 1.71. The second-order valence-corrected chi connectivity index (χ2v) is 6.48. The van der Waals surface area contributed by atoms with Crippen LogP contribution >= 0.6 is 0 Å². The number of nitrogens with zero attached hydrogens (tertiary/aromatic N) is 1. The average Bonchev–Trinajstić information content (AvgIpc) is 3.07. The molecule has 2 aromatic rings. The molecule has 1 aliphatic heterocycles. The minimum atomic E-state index is -0.602. The lowest BCUT2D eigenvalue weighted by molar-refractivity contribution is -0.140. The van der Waals surface area contributed by atoms with Gasteiger partial charge in [-0.15, -0.1) is 0 Å². The molecule has 136 valence electrons. The molecule has 2 heterocycles. The number of Topliss-reactive ketones (excluding diaryl/α,β-unsaturated/α-hetero) is 1. The third-order valence-corrected chi connectivity index (χ3v) is 4.58. The summed E-state index contributed by atoms with van der Waals surface area (Å²) in [7, 11) is 0. The Morgan fingerprint density at radius 3 is 2.88 bits per heavy atom. The van der Waals surface area contributed by atoms with E-state index in [2.05, 4.69) is 10.3 Å². The number of carbonyl (C=O) groups excluding carboxylic acids is 2. The summed E-state index contributed by atoms with van der Waals surface area (Å²) in [5, 5.41) is 2.63. The van der Waals surface area contributed by atoms with Gasteiger partial charge in [0.05, 0.1) is 12.2 Å². The Morgan fingerprint density at radius 1 is 1.38 bits per heavy atom. The Bertz CT molecular complexity index is 823. The summed E-state index contributed by atoms with van der Waals surface area (Å²) in [5.41, 5.74) is 1.95. The molecule has 0 bridgehead atoms. The number of aromatic nitrogens is 1. The lowest BCUT2D eigenvalue weighted by Crippen LogP contribution is -2.40. The molecule has 0 spiro atoms. The fourth-order valence-corrected chi connectivity index (χ4v) is 2.92. The van der Waals surface area contributed by atoms with Gasteiger partial charge < -0.3 is 10.1 Å². The summed E-state index contributed by atoms with van der Waals surface area (Å²) in [4.78, 5) is 28.1. The predicted molar refractivity (Wildman–Crippen MR) is 95.2 cm³/mol. The van der Waals surface area contributed by atoms with E-state index in [4.69, 9.17) is 4.74 Å². The smallest absolute Gasteiger partial charge is 0.287 e. The van der Waals surface area contributed by atoms with Gasteiger partial charge in [0.2, 0.25) is 5.78 Å². The van der Waals surface area contributed by atoms with Crippen LogP contribution in [0, 0.1) is 11.7 Å². The highest BCUT2D eigenvalue weighted by molar-refractivity contribution is 6.36. The van der Waals surface area contributed by atoms with E-state index >= 15 is 0 Å². The van der Waals surface area contributed by atoms with Gasteiger partial charge in [-0.1, -0.05) is 19.9 Å². The topological polar surface area (TPSA) is 68.3 Å². The van der Waals surface area contributed by atoms with Gasteiger partial charge >= 0.3 is 0 Å². The first-order valence-corrected chi connectivity index (χ1v) is 8.72. The van der Waals surface area contributed by atoms with Gasteiger partial charge in [0.15, 0.2) is 0 Å². The SMILES string of the molecule is CC[C@H](C)C(=O)C(=O)NC[C@H]1Cc2cc(F)cc(-c3ccccn3)c2O1. The van der Waals surface area contributed by atoms with E-state index in [-0.39, 0.29) is 24.4 Å². The standard InChI is InChI=1S/C20H21FN2O3/c1-3-12(2)18(24)20(25)23-11-15-9-13-8-14(21)10-16(19(13)26-15)17-6-4-5-7-22-17/h4-8,10,12,15H,3,9,11H2,1-2H3,(H,23,25)/t12-,15+/m0/s1. The van der Waals surface area contributed by atoms with E-state index in [9.17, 15) is 14.0 Å². The van der Waals surface area contributed by atoms with E-state index in [1.54, 1.807) is 25.3 Å². The molecule has 1 N–H and O–H groups in total. The minimum absolute atomic E-state index is 0.193. The van der Waals surface area contributed by atoms with Gasteiger partial charge in [0, 0.05) is 29.7 Å². The predicted octanol–water partition coefficient (Wildman–Crippen LogP) is 2.92. The number of benzene rings is 1. The van der Waals surface area contributed by atoms with Crippen LogP contribution in [0.5, 0.6) is 5.75 Å². The van der Waals surface area contributed by atoms with Crippen molar-refractivity contribution in [1.29, 1.82) is 0 Å². The minimum Gasteiger partial charge on any atom is -0.487 e. The molecule has 26 heavy (non-hydrogen) atoms. The van der Waals surface area contributed by atoms with E-state index in [0.29, 0.717) is 29.8 Å². The maximum Gasteiger partial charge on any atom is 0.287 e. The van der Waals surface area contributed by atoms with Crippen LogP contribution in [0.1, 0.15) is 25.8 Å². The van der Waals surface area contributed by atoms with Crippen molar-refractivity contribution in [1.82, 2.24) is 10.3 Å². The number of nitrogens with one attached hydrogen (secondary N) is 1. The number of ketones is 1. The third-order valence-electron chi connectivity index (χ3n) is 4.58. The lowest BCUT2D eigenvalue weighted by atomic mass is 10.0. The summed E-state index contributed by atoms with van der Waals surface area (Å²) in [6, 6.07) is 8.24. The summed E-state index contributed by atoms with van der Waals surface area (Å²) in [6.45, 7) is 3.78. The number of ether oxygens (including phenoxy) is 1. The van der Waals surface area contributed by atoms with Crippen molar-refractivity contribution in [3.63, 3.8) is 0 Å². The molecule has 5 nitrogen and oxygen atoms in total. The molecule has 1 aromatic heterocycles. The summed E-state index contributed by atoms with van der Waals surface area (Å²) in [5.74, 6) is -1.11. The Labute approximate surface area is 151 Å². The molecule has 1 aromatic carbocycles. The van der Waals surface area contributed by atoms with Crippen molar-refractivity contribution in [2.75, 3.05) is 6.54 Å². The van der Waals surface area contributed by atoms with Crippen molar-refractivity contribution in [3.8, 4) is 17.0 Å². The highest BCUT2D eigenvalue weighted by atomic mass is 19.1. The zero-order valence-electron chi connectivity index (χ0n) is 14.8. The Kier molecular flexibility index (Phi) is 5.30. The van der Waals surface area contributed by atoms with Crippen molar-refractivity contribution in [3.05, 3.63) is 47.9 Å². The van der Waals surface area contributed by atoms with Crippen LogP contribution in [-0.2, 0) is 16.0 Å². The molecule has 0 saturated carbocycles.